The van der Waals surface area contributed by atoms with E-state index < -0.39 is 0 Å². The van der Waals surface area contributed by atoms with Gasteiger partial charge in [0.1, 0.15) is 0 Å². The molecule has 0 spiro atoms. The molecule has 0 saturated heterocycles. The van der Waals surface area contributed by atoms with Gasteiger partial charge in [0, 0.05) is 5.38 Å². The molecule has 2 unspecified atom stereocenters. The van der Waals surface area contributed by atoms with Crippen LogP contribution in [0.15, 0.2) is 5.38 Å². The number of nitrogens with zero attached hydrogens (tertiary/aromatic N) is 2. The highest BCUT2D eigenvalue weighted by Crippen LogP contribution is 2.29. The SMILES string of the molecule is OC1CCC1Cc1csnn1. The molecule has 2 atom stereocenters. The van der Waals surface area contributed by atoms with Gasteiger partial charge in [-0.3, -0.25) is 0 Å². The molecule has 11 heavy (non-hydrogen) atoms. The number of rotatable bonds is 2. The summed E-state index contributed by atoms with van der Waals surface area (Å²) in [5, 5.41) is 15.1. The van der Waals surface area contributed by atoms with Gasteiger partial charge in [0.2, 0.25) is 0 Å². The highest BCUT2D eigenvalue weighted by atomic mass is 32.1. The molecule has 0 aromatic carbocycles. The molecule has 1 heterocycles. The molecular weight excluding hydrogens is 160 g/mol. The summed E-state index contributed by atoms with van der Waals surface area (Å²) in [5.41, 5.74) is 1.03. The molecule has 60 valence electrons. The van der Waals surface area contributed by atoms with Crippen molar-refractivity contribution in [3.63, 3.8) is 0 Å². The van der Waals surface area contributed by atoms with E-state index in [1.807, 2.05) is 5.38 Å². The maximum atomic E-state index is 9.26. The van der Waals surface area contributed by atoms with Crippen molar-refractivity contribution < 1.29 is 5.11 Å². The number of hydrogen-bond donors (Lipinski definition) is 1. The Hall–Kier alpha value is -0.480. The Morgan fingerprint density at radius 1 is 1.64 bits per heavy atom. The van der Waals surface area contributed by atoms with Crippen LogP contribution in [0.5, 0.6) is 0 Å². The Labute approximate surface area is 69.2 Å². The van der Waals surface area contributed by atoms with Gasteiger partial charge < -0.3 is 5.11 Å². The zero-order valence-corrected chi connectivity index (χ0v) is 6.92. The highest BCUT2D eigenvalue weighted by Gasteiger charge is 2.29. The van der Waals surface area contributed by atoms with Gasteiger partial charge in [-0.25, -0.2) is 0 Å². The minimum atomic E-state index is -0.0864. The lowest BCUT2D eigenvalue weighted by Gasteiger charge is -2.31. The highest BCUT2D eigenvalue weighted by molar-refractivity contribution is 7.03. The van der Waals surface area contributed by atoms with Crippen molar-refractivity contribution in [1.29, 1.82) is 0 Å². The molecule has 0 aliphatic heterocycles. The average molecular weight is 170 g/mol. The summed E-state index contributed by atoms with van der Waals surface area (Å²) in [6.07, 6.45) is 2.91. The summed E-state index contributed by atoms with van der Waals surface area (Å²) < 4.78 is 3.77. The zero-order chi connectivity index (χ0) is 7.68. The van der Waals surface area contributed by atoms with Crippen molar-refractivity contribution in [2.45, 2.75) is 25.4 Å². The standard InChI is InChI=1S/C7H10N2OS/c10-7-2-1-5(7)3-6-4-11-9-8-6/h4-5,7,10H,1-3H2. The topological polar surface area (TPSA) is 46.0 Å². The fraction of sp³-hybridized carbons (Fsp3) is 0.714. The predicted molar refractivity (Wildman–Crippen MR) is 42.3 cm³/mol. The van der Waals surface area contributed by atoms with E-state index in [9.17, 15) is 5.11 Å². The van der Waals surface area contributed by atoms with Gasteiger partial charge in [0.25, 0.3) is 0 Å². The molecule has 1 aromatic rings. The molecule has 0 radical (unpaired) electrons. The minimum absolute atomic E-state index is 0.0864. The molecule has 4 heteroatoms. The van der Waals surface area contributed by atoms with E-state index in [1.165, 1.54) is 11.5 Å². The Bertz CT molecular complexity index is 224. The predicted octanol–water partition coefficient (Wildman–Crippen LogP) is 0.851. The smallest absolute Gasteiger partial charge is 0.0759 e. The van der Waals surface area contributed by atoms with Gasteiger partial charge in [-0.2, -0.15) is 0 Å². The Kier molecular flexibility index (Phi) is 1.87. The van der Waals surface area contributed by atoms with Crippen LogP contribution in [-0.4, -0.2) is 20.8 Å². The van der Waals surface area contributed by atoms with E-state index in [0.29, 0.717) is 5.92 Å². The first-order valence-corrected chi connectivity index (χ1v) is 4.64. The van der Waals surface area contributed by atoms with Crippen LogP contribution in [0.3, 0.4) is 0 Å². The molecule has 1 aliphatic carbocycles. The first-order chi connectivity index (χ1) is 5.36. The van der Waals surface area contributed by atoms with E-state index >= 15 is 0 Å². The molecule has 2 rings (SSSR count). The van der Waals surface area contributed by atoms with Crippen LogP contribution in [0.1, 0.15) is 18.5 Å². The van der Waals surface area contributed by atoms with Crippen molar-refractivity contribution in [3.8, 4) is 0 Å². The van der Waals surface area contributed by atoms with Crippen molar-refractivity contribution in [3.05, 3.63) is 11.1 Å². The summed E-state index contributed by atoms with van der Waals surface area (Å²) in [5.74, 6) is 0.443. The zero-order valence-electron chi connectivity index (χ0n) is 6.10. The fourth-order valence-corrected chi connectivity index (χ4v) is 1.80. The minimum Gasteiger partial charge on any atom is -0.393 e. The van der Waals surface area contributed by atoms with Crippen LogP contribution < -0.4 is 0 Å². The second-order valence-corrected chi connectivity index (χ2v) is 3.61. The average Bonchev–Trinajstić information content (AvgIpc) is 2.49. The Morgan fingerprint density at radius 2 is 2.55 bits per heavy atom. The maximum absolute atomic E-state index is 9.26. The van der Waals surface area contributed by atoms with Gasteiger partial charge in [-0.05, 0) is 36.7 Å². The lowest BCUT2D eigenvalue weighted by Crippen LogP contribution is -2.32. The quantitative estimate of drug-likeness (QED) is 0.715. The van der Waals surface area contributed by atoms with E-state index in [4.69, 9.17) is 0 Å². The van der Waals surface area contributed by atoms with Gasteiger partial charge in [-0.1, -0.05) is 4.49 Å². The van der Waals surface area contributed by atoms with E-state index in [0.717, 1.165) is 25.0 Å². The van der Waals surface area contributed by atoms with Crippen LogP contribution in [-0.2, 0) is 6.42 Å². The summed E-state index contributed by atoms with van der Waals surface area (Å²) >= 11 is 1.37. The Morgan fingerprint density at radius 3 is 3.00 bits per heavy atom. The van der Waals surface area contributed by atoms with Crippen molar-refractivity contribution in [2.24, 2.45) is 5.92 Å². The monoisotopic (exact) mass is 170 g/mol. The largest absolute Gasteiger partial charge is 0.393 e. The Balaban J connectivity index is 1.91. The number of aromatic nitrogens is 2. The molecule has 1 aromatic heterocycles. The second kappa shape index (κ2) is 2.87. The van der Waals surface area contributed by atoms with Crippen LogP contribution in [0.4, 0.5) is 0 Å². The van der Waals surface area contributed by atoms with Crippen LogP contribution >= 0.6 is 11.5 Å². The summed E-state index contributed by atoms with van der Waals surface area (Å²) in [6, 6.07) is 0. The molecule has 1 saturated carbocycles. The molecule has 1 aliphatic rings. The molecule has 1 fully saturated rings. The van der Waals surface area contributed by atoms with Gasteiger partial charge in [0.15, 0.2) is 0 Å². The van der Waals surface area contributed by atoms with E-state index in [1.54, 1.807) is 0 Å². The first kappa shape index (κ1) is 7.18. The third-order valence-corrected chi connectivity index (χ3v) is 2.81. The van der Waals surface area contributed by atoms with Gasteiger partial charge in [-0.15, -0.1) is 5.10 Å². The fourth-order valence-electron chi connectivity index (χ4n) is 1.33. The molecule has 3 nitrogen and oxygen atoms in total. The van der Waals surface area contributed by atoms with Crippen LogP contribution in [0.25, 0.3) is 0 Å². The van der Waals surface area contributed by atoms with Crippen molar-refractivity contribution in [2.75, 3.05) is 0 Å². The van der Waals surface area contributed by atoms with Gasteiger partial charge >= 0.3 is 0 Å². The van der Waals surface area contributed by atoms with E-state index in [2.05, 4.69) is 9.59 Å². The van der Waals surface area contributed by atoms with Crippen molar-refractivity contribution >= 4 is 11.5 Å². The van der Waals surface area contributed by atoms with Crippen molar-refractivity contribution in [1.82, 2.24) is 9.59 Å². The summed E-state index contributed by atoms with van der Waals surface area (Å²) in [7, 11) is 0. The maximum Gasteiger partial charge on any atom is 0.0759 e. The number of hydrogen-bond acceptors (Lipinski definition) is 4. The third-order valence-electron chi connectivity index (χ3n) is 2.25. The summed E-state index contributed by atoms with van der Waals surface area (Å²) in [6.45, 7) is 0. The molecule has 0 amide bonds. The molecular formula is C7H10N2OS. The summed E-state index contributed by atoms with van der Waals surface area (Å²) in [4.78, 5) is 0. The first-order valence-electron chi connectivity index (χ1n) is 3.80. The molecule has 1 N–H and O–H groups in total. The second-order valence-electron chi connectivity index (χ2n) is 3.01. The van der Waals surface area contributed by atoms with Gasteiger partial charge in [0.05, 0.1) is 11.8 Å². The number of aliphatic hydroxyl groups excluding tert-OH is 1. The number of aliphatic hydroxyl groups is 1. The van der Waals surface area contributed by atoms with Crippen LogP contribution in [0.2, 0.25) is 0 Å². The van der Waals surface area contributed by atoms with E-state index in [-0.39, 0.29) is 6.10 Å². The third kappa shape index (κ3) is 1.41. The van der Waals surface area contributed by atoms with Crippen LogP contribution in [0, 0.1) is 5.92 Å². The normalized spacial score (nSPS) is 29.9. The lowest BCUT2D eigenvalue weighted by atomic mass is 9.79. The lowest BCUT2D eigenvalue weighted by molar-refractivity contribution is 0.0239. The molecule has 0 bridgehead atoms.